The Morgan fingerprint density at radius 2 is 2.00 bits per heavy atom. The largest absolute Gasteiger partial charge is 0.365 e. The zero-order valence-electron chi connectivity index (χ0n) is 6.84. The molecule has 0 spiro atoms. The van der Waals surface area contributed by atoms with Crippen LogP contribution in [0.5, 0.6) is 0 Å². The molecule has 0 aromatic heterocycles. The maximum atomic E-state index is 11.3. The minimum atomic E-state index is -0.973. The van der Waals surface area contributed by atoms with E-state index in [0.29, 0.717) is 0 Å². The highest BCUT2D eigenvalue weighted by Gasteiger charge is 2.23. The standard InChI is InChI=1S/C7H14FNO2/c1-3-5(4-2)6(9)7(10)11-8/h5-6H,3-4,9H2,1-2H3. The van der Waals surface area contributed by atoms with Crippen LogP contribution >= 0.6 is 0 Å². The SMILES string of the molecule is CCC(CC)C(N)C(=O)OF. The number of rotatable bonds is 4. The topological polar surface area (TPSA) is 52.3 Å². The molecule has 11 heavy (non-hydrogen) atoms. The summed E-state index contributed by atoms with van der Waals surface area (Å²) < 4.78 is 11.3. The van der Waals surface area contributed by atoms with Gasteiger partial charge in [0, 0.05) is 4.53 Å². The van der Waals surface area contributed by atoms with Crippen molar-refractivity contribution in [3.8, 4) is 0 Å². The lowest BCUT2D eigenvalue weighted by Gasteiger charge is -2.16. The molecular formula is C7H14FNO2. The van der Waals surface area contributed by atoms with Crippen molar-refractivity contribution in [2.45, 2.75) is 32.7 Å². The highest BCUT2D eigenvalue weighted by molar-refractivity contribution is 5.75. The fourth-order valence-electron chi connectivity index (χ4n) is 1.04. The van der Waals surface area contributed by atoms with Crippen molar-refractivity contribution in [1.29, 1.82) is 0 Å². The molecule has 1 unspecified atom stereocenters. The molecule has 1 atom stereocenters. The summed E-state index contributed by atoms with van der Waals surface area (Å²) in [6.45, 7) is 3.80. The minimum absolute atomic E-state index is 0.0123. The van der Waals surface area contributed by atoms with Crippen LogP contribution < -0.4 is 5.73 Å². The number of hydrogen-bond donors (Lipinski definition) is 1. The Balaban J connectivity index is 3.97. The highest BCUT2D eigenvalue weighted by Crippen LogP contribution is 2.12. The van der Waals surface area contributed by atoms with Crippen LogP contribution in [0.25, 0.3) is 0 Å². The van der Waals surface area contributed by atoms with Crippen molar-refractivity contribution in [1.82, 2.24) is 0 Å². The molecule has 0 heterocycles. The van der Waals surface area contributed by atoms with Crippen molar-refractivity contribution in [3.05, 3.63) is 0 Å². The van der Waals surface area contributed by atoms with Gasteiger partial charge in [-0.05, 0) is 5.92 Å². The number of halogens is 1. The van der Waals surface area contributed by atoms with E-state index in [4.69, 9.17) is 5.73 Å². The van der Waals surface area contributed by atoms with E-state index in [1.807, 2.05) is 13.8 Å². The van der Waals surface area contributed by atoms with Gasteiger partial charge in [0.15, 0.2) is 0 Å². The number of nitrogens with two attached hydrogens (primary N) is 1. The molecule has 0 saturated carbocycles. The number of hydrogen-bond acceptors (Lipinski definition) is 3. The van der Waals surface area contributed by atoms with E-state index >= 15 is 0 Å². The zero-order valence-corrected chi connectivity index (χ0v) is 6.84. The Hall–Kier alpha value is -0.640. The molecule has 4 heteroatoms. The van der Waals surface area contributed by atoms with Crippen molar-refractivity contribution >= 4 is 5.97 Å². The average Bonchev–Trinajstić information content (AvgIpc) is 2.05. The third-order valence-corrected chi connectivity index (χ3v) is 1.90. The third-order valence-electron chi connectivity index (χ3n) is 1.90. The molecule has 0 radical (unpaired) electrons. The van der Waals surface area contributed by atoms with Gasteiger partial charge in [0.2, 0.25) is 0 Å². The molecule has 2 N–H and O–H groups in total. The quantitative estimate of drug-likeness (QED) is 0.677. The van der Waals surface area contributed by atoms with E-state index in [2.05, 4.69) is 4.94 Å². The average molecular weight is 163 g/mol. The van der Waals surface area contributed by atoms with Crippen molar-refractivity contribution in [2.75, 3.05) is 0 Å². The molecule has 0 saturated heterocycles. The Bertz CT molecular complexity index is 126. The van der Waals surface area contributed by atoms with Gasteiger partial charge >= 0.3 is 5.97 Å². The maximum Gasteiger partial charge on any atom is 0.365 e. The second-order valence-corrected chi connectivity index (χ2v) is 2.50. The highest BCUT2D eigenvalue weighted by atomic mass is 19.3. The van der Waals surface area contributed by atoms with E-state index in [1.165, 1.54) is 0 Å². The molecule has 0 aliphatic heterocycles. The van der Waals surface area contributed by atoms with Crippen LogP contribution in [0.4, 0.5) is 4.53 Å². The fraction of sp³-hybridized carbons (Fsp3) is 0.857. The summed E-state index contributed by atoms with van der Waals surface area (Å²) in [6.07, 6.45) is 1.51. The molecule has 0 fully saturated rings. The first-order chi connectivity index (χ1) is 5.17. The Kier molecular flexibility index (Phi) is 4.77. The monoisotopic (exact) mass is 163 g/mol. The van der Waals surface area contributed by atoms with Gasteiger partial charge in [-0.15, -0.1) is 0 Å². The lowest BCUT2D eigenvalue weighted by molar-refractivity contribution is -0.186. The second-order valence-electron chi connectivity index (χ2n) is 2.50. The molecule has 0 aromatic carbocycles. The lowest BCUT2D eigenvalue weighted by Crippen LogP contribution is -2.37. The molecule has 0 bridgehead atoms. The molecule has 0 aromatic rings. The van der Waals surface area contributed by atoms with E-state index in [-0.39, 0.29) is 5.92 Å². The first-order valence-electron chi connectivity index (χ1n) is 3.75. The van der Waals surface area contributed by atoms with Gasteiger partial charge in [-0.2, -0.15) is 0 Å². The van der Waals surface area contributed by atoms with Gasteiger partial charge < -0.3 is 5.73 Å². The van der Waals surface area contributed by atoms with Crippen LogP contribution in [0.1, 0.15) is 26.7 Å². The van der Waals surface area contributed by atoms with Crippen LogP contribution in [0.15, 0.2) is 0 Å². The predicted molar refractivity (Wildman–Crippen MR) is 39.2 cm³/mol. The number of carbonyl (C=O) groups is 1. The fourth-order valence-corrected chi connectivity index (χ4v) is 1.04. The minimum Gasteiger partial charge on any atom is -0.318 e. The summed E-state index contributed by atoms with van der Waals surface area (Å²) in [6, 6.07) is -0.824. The van der Waals surface area contributed by atoms with Crippen molar-refractivity contribution in [2.24, 2.45) is 11.7 Å². The molecular weight excluding hydrogens is 149 g/mol. The second kappa shape index (κ2) is 5.07. The lowest BCUT2D eigenvalue weighted by atomic mass is 9.95. The summed E-state index contributed by atoms with van der Waals surface area (Å²) in [7, 11) is 0. The predicted octanol–water partition coefficient (Wildman–Crippen LogP) is 1.18. The zero-order chi connectivity index (χ0) is 8.85. The van der Waals surface area contributed by atoms with Gasteiger partial charge in [0.25, 0.3) is 0 Å². The molecule has 66 valence electrons. The summed E-state index contributed by atoms with van der Waals surface area (Å²) in [4.78, 5) is 13.6. The van der Waals surface area contributed by atoms with Crippen LogP contribution in [-0.4, -0.2) is 12.0 Å². The summed E-state index contributed by atoms with van der Waals surface area (Å²) in [5.74, 6) is -0.961. The van der Waals surface area contributed by atoms with E-state index < -0.39 is 12.0 Å². The van der Waals surface area contributed by atoms with Gasteiger partial charge in [-0.25, -0.2) is 4.79 Å². The smallest absolute Gasteiger partial charge is 0.318 e. The summed E-state index contributed by atoms with van der Waals surface area (Å²) in [5.41, 5.74) is 5.38. The van der Waals surface area contributed by atoms with Gasteiger partial charge in [-0.1, -0.05) is 26.7 Å². The van der Waals surface area contributed by atoms with Crippen molar-refractivity contribution < 1.29 is 14.3 Å². The van der Waals surface area contributed by atoms with E-state index in [0.717, 1.165) is 12.8 Å². The first kappa shape index (κ1) is 10.4. The van der Waals surface area contributed by atoms with Gasteiger partial charge in [0.1, 0.15) is 6.04 Å². The summed E-state index contributed by atoms with van der Waals surface area (Å²) >= 11 is 0. The van der Waals surface area contributed by atoms with Gasteiger partial charge in [-0.3, -0.25) is 4.94 Å². The Morgan fingerprint density at radius 3 is 2.27 bits per heavy atom. The Labute approximate surface area is 65.6 Å². The van der Waals surface area contributed by atoms with Crippen LogP contribution in [-0.2, 0) is 9.74 Å². The first-order valence-corrected chi connectivity index (χ1v) is 3.75. The molecule has 3 nitrogen and oxygen atoms in total. The third kappa shape index (κ3) is 2.84. The Morgan fingerprint density at radius 1 is 1.55 bits per heavy atom. The van der Waals surface area contributed by atoms with E-state index in [1.54, 1.807) is 0 Å². The normalized spacial score (nSPS) is 13.2. The number of carbonyl (C=O) groups excluding carboxylic acids is 1. The van der Waals surface area contributed by atoms with Crippen LogP contribution in [0.2, 0.25) is 0 Å². The maximum absolute atomic E-state index is 11.3. The van der Waals surface area contributed by atoms with Crippen LogP contribution in [0.3, 0.4) is 0 Å². The van der Waals surface area contributed by atoms with Gasteiger partial charge in [0.05, 0.1) is 0 Å². The summed E-state index contributed by atoms with van der Waals surface area (Å²) in [5, 5.41) is 0. The molecule has 0 rings (SSSR count). The van der Waals surface area contributed by atoms with Crippen LogP contribution in [0, 0.1) is 5.92 Å². The molecule has 0 amide bonds. The van der Waals surface area contributed by atoms with E-state index in [9.17, 15) is 9.32 Å². The molecule has 0 aliphatic carbocycles. The van der Waals surface area contributed by atoms with Crippen molar-refractivity contribution in [3.63, 3.8) is 0 Å². The molecule has 0 aliphatic rings.